The number of nitrogens with zero attached hydrogens (tertiary/aromatic N) is 4. The second kappa shape index (κ2) is 10.4. The van der Waals surface area contributed by atoms with Crippen LogP contribution in [0.5, 0.6) is 0 Å². The summed E-state index contributed by atoms with van der Waals surface area (Å²) in [5.41, 5.74) is -0.350. The molecule has 2 aromatic heterocycles. The molecule has 2 heterocycles. The van der Waals surface area contributed by atoms with Crippen LogP contribution in [0, 0.1) is 22.5 Å². The van der Waals surface area contributed by atoms with E-state index in [9.17, 15) is 13.6 Å². The molecular formula is C20H21BrF2N6O2. The number of halogens is 3. The molecule has 31 heavy (non-hydrogen) atoms. The van der Waals surface area contributed by atoms with Crippen LogP contribution in [0.4, 0.5) is 8.78 Å². The highest BCUT2D eigenvalue weighted by atomic mass is 79.9. The maximum Gasteiger partial charge on any atom is 0.170 e. The second-order valence-electron chi connectivity index (χ2n) is 6.58. The standard InChI is InChI=1S/C17H12BrF2N5O.C3H9NO/c1-8(17(22)25-14(21)3-2-10(7-26)24-25)15-12(19)5-13-11(16(15)20)4-9(18)6-23-13;1-4(2)5-3/h2-8,21-22H,1H3;1-3H3. The third kappa shape index (κ3) is 5.63. The average molecular weight is 495 g/mol. The van der Waals surface area contributed by atoms with Gasteiger partial charge in [0.2, 0.25) is 0 Å². The van der Waals surface area contributed by atoms with Crippen molar-refractivity contribution in [3.63, 3.8) is 0 Å². The molecule has 0 bridgehead atoms. The van der Waals surface area contributed by atoms with Crippen molar-refractivity contribution >= 4 is 39.0 Å². The van der Waals surface area contributed by atoms with E-state index in [0.29, 0.717) is 10.8 Å². The Hall–Kier alpha value is -2.89. The summed E-state index contributed by atoms with van der Waals surface area (Å²) in [5, 5.41) is 21.7. The van der Waals surface area contributed by atoms with Crippen LogP contribution in [-0.2, 0) is 4.84 Å². The average Bonchev–Trinajstić information content (AvgIpc) is 2.74. The molecule has 1 aromatic carbocycles. The molecule has 164 valence electrons. The van der Waals surface area contributed by atoms with Crippen LogP contribution in [0.15, 0.2) is 34.9 Å². The number of benzene rings is 1. The molecule has 0 aliphatic heterocycles. The number of pyridine rings is 1. The second-order valence-corrected chi connectivity index (χ2v) is 7.50. The Labute approximate surface area is 185 Å². The molecule has 11 heteroatoms. The number of aromatic nitrogens is 3. The highest BCUT2D eigenvalue weighted by Gasteiger charge is 2.25. The van der Waals surface area contributed by atoms with E-state index in [1.54, 1.807) is 12.2 Å². The molecule has 0 radical (unpaired) electrons. The van der Waals surface area contributed by atoms with Crippen LogP contribution in [0.2, 0.25) is 0 Å². The molecule has 1 unspecified atom stereocenters. The quantitative estimate of drug-likeness (QED) is 0.249. The van der Waals surface area contributed by atoms with Gasteiger partial charge in [-0.25, -0.2) is 13.5 Å². The van der Waals surface area contributed by atoms with E-state index in [0.717, 1.165) is 10.7 Å². The zero-order valence-electron chi connectivity index (χ0n) is 17.3. The summed E-state index contributed by atoms with van der Waals surface area (Å²) in [6.45, 7) is 1.43. The molecule has 3 aromatic rings. The van der Waals surface area contributed by atoms with Crippen molar-refractivity contribution in [1.29, 1.82) is 10.8 Å². The molecule has 0 fully saturated rings. The smallest absolute Gasteiger partial charge is 0.170 e. The molecular weight excluding hydrogens is 474 g/mol. The summed E-state index contributed by atoms with van der Waals surface area (Å²) in [7, 11) is 5.29. The predicted octanol–water partition coefficient (Wildman–Crippen LogP) is 3.50. The number of nitrogens with one attached hydrogen (secondary N) is 2. The van der Waals surface area contributed by atoms with E-state index >= 15 is 0 Å². The van der Waals surface area contributed by atoms with E-state index in [2.05, 4.69) is 30.9 Å². The molecule has 0 saturated heterocycles. The number of hydroxylamine groups is 2. The lowest BCUT2D eigenvalue weighted by Gasteiger charge is -2.17. The van der Waals surface area contributed by atoms with E-state index < -0.39 is 17.6 Å². The van der Waals surface area contributed by atoms with E-state index in [1.807, 2.05) is 14.1 Å². The van der Waals surface area contributed by atoms with Crippen molar-refractivity contribution in [3.8, 4) is 0 Å². The molecule has 2 N–H and O–H groups in total. The van der Waals surface area contributed by atoms with Crippen molar-refractivity contribution in [1.82, 2.24) is 19.8 Å². The van der Waals surface area contributed by atoms with Crippen molar-refractivity contribution in [2.75, 3.05) is 21.2 Å². The minimum absolute atomic E-state index is 0.00513. The van der Waals surface area contributed by atoms with Gasteiger partial charge in [0, 0.05) is 47.7 Å². The molecule has 0 saturated carbocycles. The van der Waals surface area contributed by atoms with Crippen molar-refractivity contribution in [3.05, 3.63) is 63.3 Å². The number of rotatable bonds is 4. The third-order valence-electron chi connectivity index (χ3n) is 4.29. The van der Waals surface area contributed by atoms with Gasteiger partial charge in [-0.3, -0.25) is 20.6 Å². The Balaban J connectivity index is 0.000000614. The van der Waals surface area contributed by atoms with Crippen LogP contribution in [0.3, 0.4) is 0 Å². The Morgan fingerprint density at radius 2 is 1.97 bits per heavy atom. The minimum Gasteiger partial charge on any atom is -0.303 e. The van der Waals surface area contributed by atoms with Gasteiger partial charge in [-0.15, -0.1) is 0 Å². The van der Waals surface area contributed by atoms with Crippen LogP contribution >= 0.6 is 15.9 Å². The van der Waals surface area contributed by atoms with Gasteiger partial charge >= 0.3 is 0 Å². The number of carbonyl (C=O) groups is 1. The van der Waals surface area contributed by atoms with Gasteiger partial charge in [-0.2, -0.15) is 10.2 Å². The largest absolute Gasteiger partial charge is 0.303 e. The zero-order valence-corrected chi connectivity index (χ0v) is 18.9. The summed E-state index contributed by atoms with van der Waals surface area (Å²) in [6.07, 6.45) is 1.90. The molecule has 0 aliphatic rings. The van der Waals surface area contributed by atoms with Crippen LogP contribution in [-0.4, -0.2) is 53.2 Å². The highest BCUT2D eigenvalue weighted by molar-refractivity contribution is 9.10. The molecule has 1 atom stereocenters. The first-order valence-electron chi connectivity index (χ1n) is 8.94. The predicted molar refractivity (Wildman–Crippen MR) is 115 cm³/mol. The van der Waals surface area contributed by atoms with Gasteiger partial charge in [-0.05, 0) is 34.1 Å². The van der Waals surface area contributed by atoms with Crippen molar-refractivity contribution in [2.24, 2.45) is 0 Å². The van der Waals surface area contributed by atoms with Gasteiger partial charge < -0.3 is 4.84 Å². The summed E-state index contributed by atoms with van der Waals surface area (Å²) in [6, 6.07) is 5.19. The topological polar surface area (TPSA) is 108 Å². The Kier molecular flexibility index (Phi) is 8.20. The number of fused-ring (bicyclic) bond motifs is 1. The molecule has 8 nitrogen and oxygen atoms in total. The maximum atomic E-state index is 15.0. The van der Waals surface area contributed by atoms with Gasteiger partial charge in [0.05, 0.1) is 12.6 Å². The summed E-state index contributed by atoms with van der Waals surface area (Å²) in [4.78, 5) is 19.4. The zero-order chi connectivity index (χ0) is 23.3. The van der Waals surface area contributed by atoms with Crippen molar-refractivity contribution < 1.29 is 18.4 Å². The normalized spacial score (nSPS) is 11.7. The number of hydrogen-bond donors (Lipinski definition) is 2. The van der Waals surface area contributed by atoms with Gasteiger partial charge in [-0.1, -0.05) is 6.92 Å². The van der Waals surface area contributed by atoms with Crippen molar-refractivity contribution in [2.45, 2.75) is 12.8 Å². The highest BCUT2D eigenvalue weighted by Crippen LogP contribution is 2.30. The molecule has 0 spiro atoms. The van der Waals surface area contributed by atoms with Crippen LogP contribution in [0.25, 0.3) is 10.9 Å². The first-order valence-corrected chi connectivity index (χ1v) is 9.73. The van der Waals surface area contributed by atoms with E-state index in [-0.39, 0.29) is 33.5 Å². The fraction of sp³-hybridized carbons (Fsp3) is 0.250. The molecule has 3 rings (SSSR count). The number of carbonyl (C=O) groups excluding carboxylic acids is 1. The Morgan fingerprint density at radius 1 is 1.32 bits per heavy atom. The fourth-order valence-electron chi connectivity index (χ4n) is 2.59. The van der Waals surface area contributed by atoms with Crippen LogP contribution < -0.4 is 5.49 Å². The van der Waals surface area contributed by atoms with Gasteiger partial charge in [0.1, 0.15) is 28.7 Å². The Bertz CT molecular complexity index is 1180. The first kappa shape index (κ1) is 24.4. The maximum absolute atomic E-state index is 15.0. The lowest BCUT2D eigenvalue weighted by molar-refractivity contribution is -0.0855. The van der Waals surface area contributed by atoms with E-state index in [1.165, 1.54) is 31.3 Å². The number of hydrogen-bond acceptors (Lipinski definition) is 7. The van der Waals surface area contributed by atoms with Gasteiger partial charge in [0.25, 0.3) is 0 Å². The fourth-order valence-corrected chi connectivity index (χ4v) is 2.92. The molecule has 0 amide bonds. The monoisotopic (exact) mass is 494 g/mol. The van der Waals surface area contributed by atoms with Crippen LogP contribution in [0.1, 0.15) is 28.9 Å². The van der Waals surface area contributed by atoms with E-state index in [4.69, 9.17) is 10.8 Å². The minimum atomic E-state index is -1.05. The SMILES string of the molecule is CC(C(=N)n1nc(C=O)ccc1=N)c1c(F)cc2ncc(Br)cc2c1F.CON(C)C. The third-order valence-corrected chi connectivity index (χ3v) is 4.73. The first-order chi connectivity index (χ1) is 14.6. The van der Waals surface area contributed by atoms with Gasteiger partial charge in [0.15, 0.2) is 6.29 Å². The lowest BCUT2D eigenvalue weighted by Crippen LogP contribution is -2.33. The summed E-state index contributed by atoms with van der Waals surface area (Å²) >= 11 is 3.20. The summed E-state index contributed by atoms with van der Waals surface area (Å²) < 4.78 is 30.9. The lowest BCUT2D eigenvalue weighted by atomic mass is 9.96. The number of aldehydes is 1. The molecule has 0 aliphatic carbocycles. The summed E-state index contributed by atoms with van der Waals surface area (Å²) in [5.74, 6) is -3.06. The Morgan fingerprint density at radius 3 is 2.55 bits per heavy atom.